The molecule has 1 heterocycles. The van der Waals surface area contributed by atoms with Gasteiger partial charge in [-0.3, -0.25) is 9.36 Å². The summed E-state index contributed by atoms with van der Waals surface area (Å²) in [4.78, 5) is 23.1. The molecule has 0 radical (unpaired) electrons. The van der Waals surface area contributed by atoms with Crippen molar-refractivity contribution in [1.29, 1.82) is 0 Å². The molecular formula is C13H17N3O3. The third kappa shape index (κ3) is 3.03. The minimum Gasteiger partial charge on any atom is -0.408 e. The van der Waals surface area contributed by atoms with Gasteiger partial charge in [0.25, 0.3) is 0 Å². The molecule has 0 aliphatic rings. The molecule has 6 nitrogen and oxygen atoms in total. The zero-order valence-corrected chi connectivity index (χ0v) is 11.2. The van der Waals surface area contributed by atoms with Crippen molar-refractivity contribution in [3.05, 3.63) is 28.7 Å². The van der Waals surface area contributed by atoms with Crippen LogP contribution in [0.4, 0.5) is 5.69 Å². The van der Waals surface area contributed by atoms with Crippen molar-refractivity contribution >= 4 is 22.7 Å². The molecule has 1 amide bonds. The van der Waals surface area contributed by atoms with Crippen molar-refractivity contribution in [2.75, 3.05) is 5.32 Å². The molecule has 1 aromatic carbocycles. The lowest BCUT2D eigenvalue weighted by Gasteiger charge is -2.17. The number of nitrogens with zero attached hydrogens (tertiary/aromatic N) is 1. The number of nitrogens with one attached hydrogen (secondary N) is 1. The summed E-state index contributed by atoms with van der Waals surface area (Å²) in [7, 11) is 1.61. The highest BCUT2D eigenvalue weighted by molar-refractivity contribution is 5.93. The maximum absolute atomic E-state index is 11.8. The van der Waals surface area contributed by atoms with Crippen LogP contribution in [-0.4, -0.2) is 16.0 Å². The van der Waals surface area contributed by atoms with Gasteiger partial charge in [-0.05, 0) is 32.0 Å². The first-order valence-electron chi connectivity index (χ1n) is 5.94. The molecule has 0 spiro atoms. The van der Waals surface area contributed by atoms with E-state index in [2.05, 4.69) is 5.32 Å². The molecule has 0 atom stereocenters. The highest BCUT2D eigenvalue weighted by Gasteiger charge is 2.16. The molecule has 6 heteroatoms. The van der Waals surface area contributed by atoms with E-state index in [9.17, 15) is 9.59 Å². The first-order valence-corrected chi connectivity index (χ1v) is 5.94. The molecule has 2 aromatic rings. The number of hydrogen-bond acceptors (Lipinski definition) is 4. The second kappa shape index (κ2) is 4.55. The molecule has 0 aliphatic carbocycles. The molecule has 2 rings (SSSR count). The van der Waals surface area contributed by atoms with Crippen LogP contribution in [0.25, 0.3) is 11.1 Å². The molecule has 0 fully saturated rings. The summed E-state index contributed by atoms with van der Waals surface area (Å²) < 4.78 is 6.40. The van der Waals surface area contributed by atoms with Crippen LogP contribution in [0.3, 0.4) is 0 Å². The first kappa shape index (κ1) is 13.4. The van der Waals surface area contributed by atoms with Crippen molar-refractivity contribution in [2.24, 2.45) is 12.8 Å². The predicted molar refractivity (Wildman–Crippen MR) is 73.0 cm³/mol. The van der Waals surface area contributed by atoms with Crippen LogP contribution < -0.4 is 16.8 Å². The second-order valence-corrected chi connectivity index (χ2v) is 5.32. The molecule has 3 N–H and O–H groups in total. The third-order valence-electron chi connectivity index (χ3n) is 2.69. The van der Waals surface area contributed by atoms with Crippen molar-refractivity contribution in [3.8, 4) is 0 Å². The molecule has 1 aromatic heterocycles. The number of aryl methyl sites for hydroxylation is 1. The maximum Gasteiger partial charge on any atom is 0.419 e. The summed E-state index contributed by atoms with van der Waals surface area (Å²) in [5.41, 5.74) is 6.96. The molecule has 0 unspecified atom stereocenters. The Labute approximate surface area is 110 Å². The lowest BCUT2D eigenvalue weighted by atomic mass is 10.0. The highest BCUT2D eigenvalue weighted by Crippen LogP contribution is 2.18. The third-order valence-corrected chi connectivity index (χ3v) is 2.69. The van der Waals surface area contributed by atoms with E-state index in [1.54, 1.807) is 39.1 Å². The molecule has 19 heavy (non-hydrogen) atoms. The van der Waals surface area contributed by atoms with Gasteiger partial charge in [0.1, 0.15) is 0 Å². The Balaban J connectivity index is 2.24. The lowest BCUT2D eigenvalue weighted by Crippen LogP contribution is -2.36. The number of anilines is 1. The maximum atomic E-state index is 11.8. The van der Waals surface area contributed by atoms with E-state index in [-0.39, 0.29) is 12.3 Å². The van der Waals surface area contributed by atoms with E-state index in [0.717, 1.165) is 0 Å². The fourth-order valence-corrected chi connectivity index (χ4v) is 1.82. The standard InChI is InChI=1S/C13H17N3O3/c1-13(2,14)7-11(17)15-8-4-5-10-9(6-8)16(3)12(18)19-10/h4-6H,7,14H2,1-3H3,(H,15,17). The van der Waals surface area contributed by atoms with Gasteiger partial charge in [0.05, 0.1) is 5.52 Å². The van der Waals surface area contributed by atoms with Gasteiger partial charge in [-0.15, -0.1) is 0 Å². The van der Waals surface area contributed by atoms with E-state index >= 15 is 0 Å². The number of fused-ring (bicyclic) bond motifs is 1. The fraction of sp³-hybridized carbons (Fsp3) is 0.385. The molecule has 0 saturated carbocycles. The Morgan fingerprint density at radius 2 is 2.16 bits per heavy atom. The van der Waals surface area contributed by atoms with Gasteiger partial charge in [0, 0.05) is 24.7 Å². The SMILES string of the molecule is Cn1c(=O)oc2ccc(NC(=O)CC(C)(C)N)cc21. The quantitative estimate of drug-likeness (QED) is 0.870. The Morgan fingerprint density at radius 3 is 2.79 bits per heavy atom. The number of oxazole rings is 1. The zero-order chi connectivity index (χ0) is 14.2. The minimum atomic E-state index is -0.559. The second-order valence-electron chi connectivity index (χ2n) is 5.32. The van der Waals surface area contributed by atoms with Crippen LogP contribution in [0.1, 0.15) is 20.3 Å². The number of nitrogens with two attached hydrogens (primary N) is 1. The normalized spacial score (nSPS) is 11.8. The molecule has 0 bridgehead atoms. The number of rotatable bonds is 3. The van der Waals surface area contributed by atoms with Gasteiger partial charge >= 0.3 is 5.76 Å². The molecule has 0 saturated heterocycles. The molecular weight excluding hydrogens is 246 g/mol. The van der Waals surface area contributed by atoms with Crippen LogP contribution in [0.2, 0.25) is 0 Å². The molecule has 0 aliphatic heterocycles. The van der Waals surface area contributed by atoms with Crippen molar-refractivity contribution < 1.29 is 9.21 Å². The van der Waals surface area contributed by atoms with Crippen molar-refractivity contribution in [3.63, 3.8) is 0 Å². The van der Waals surface area contributed by atoms with Gasteiger partial charge in [-0.2, -0.15) is 0 Å². The molecule has 102 valence electrons. The van der Waals surface area contributed by atoms with Crippen LogP contribution in [0.5, 0.6) is 0 Å². The number of benzene rings is 1. The summed E-state index contributed by atoms with van der Waals surface area (Å²) in [5.74, 6) is -0.595. The van der Waals surface area contributed by atoms with Crippen LogP contribution in [-0.2, 0) is 11.8 Å². The van der Waals surface area contributed by atoms with Gasteiger partial charge in [-0.25, -0.2) is 4.79 Å². The Morgan fingerprint density at radius 1 is 1.47 bits per heavy atom. The van der Waals surface area contributed by atoms with Crippen LogP contribution in [0.15, 0.2) is 27.4 Å². The predicted octanol–water partition coefficient (Wildman–Crippen LogP) is 1.20. The van der Waals surface area contributed by atoms with Gasteiger partial charge < -0.3 is 15.5 Å². The smallest absolute Gasteiger partial charge is 0.408 e. The Bertz CT molecular complexity index is 676. The van der Waals surface area contributed by atoms with Crippen molar-refractivity contribution in [2.45, 2.75) is 25.8 Å². The summed E-state index contributed by atoms with van der Waals surface area (Å²) in [5, 5.41) is 2.75. The van der Waals surface area contributed by atoms with Crippen molar-refractivity contribution in [1.82, 2.24) is 4.57 Å². The summed E-state index contributed by atoms with van der Waals surface area (Å²) in [6, 6.07) is 5.04. The van der Waals surface area contributed by atoms with E-state index in [4.69, 9.17) is 10.2 Å². The van der Waals surface area contributed by atoms with Crippen LogP contribution >= 0.6 is 0 Å². The minimum absolute atomic E-state index is 0.166. The zero-order valence-electron chi connectivity index (χ0n) is 11.2. The summed E-state index contributed by atoms with van der Waals surface area (Å²) in [6.45, 7) is 3.57. The fourth-order valence-electron chi connectivity index (χ4n) is 1.82. The number of carbonyl (C=O) groups is 1. The van der Waals surface area contributed by atoms with Crippen LogP contribution in [0, 0.1) is 0 Å². The van der Waals surface area contributed by atoms with E-state index in [1.807, 2.05) is 0 Å². The summed E-state index contributed by atoms with van der Waals surface area (Å²) in [6.07, 6.45) is 0.218. The Kier molecular flexibility index (Phi) is 3.20. The number of hydrogen-bond donors (Lipinski definition) is 2. The topological polar surface area (TPSA) is 90.3 Å². The Hall–Kier alpha value is -2.08. The summed E-state index contributed by atoms with van der Waals surface area (Å²) >= 11 is 0. The van der Waals surface area contributed by atoms with E-state index in [0.29, 0.717) is 16.8 Å². The number of amides is 1. The largest absolute Gasteiger partial charge is 0.419 e. The van der Waals surface area contributed by atoms with Gasteiger partial charge in [-0.1, -0.05) is 0 Å². The number of carbonyl (C=O) groups excluding carboxylic acids is 1. The van der Waals surface area contributed by atoms with Gasteiger partial charge in [0.15, 0.2) is 5.58 Å². The average Bonchev–Trinajstić information content (AvgIpc) is 2.53. The lowest BCUT2D eigenvalue weighted by molar-refractivity contribution is -0.117. The average molecular weight is 263 g/mol. The highest BCUT2D eigenvalue weighted by atomic mass is 16.4. The number of aromatic nitrogens is 1. The van der Waals surface area contributed by atoms with Gasteiger partial charge in [0.2, 0.25) is 5.91 Å². The monoisotopic (exact) mass is 263 g/mol. The van der Waals surface area contributed by atoms with E-state index < -0.39 is 11.3 Å². The van der Waals surface area contributed by atoms with E-state index in [1.165, 1.54) is 4.57 Å². The first-order chi connectivity index (χ1) is 8.76.